The van der Waals surface area contributed by atoms with E-state index in [1.54, 1.807) is 0 Å². The Hall–Kier alpha value is -1.31. The molecule has 0 aliphatic heterocycles. The lowest BCUT2D eigenvalue weighted by molar-refractivity contribution is -0.141. The third-order valence-electron chi connectivity index (χ3n) is 2.05. The number of aliphatic carboxylic acids is 1. The third kappa shape index (κ3) is 4.59. The molecule has 3 N–H and O–H groups in total. The van der Waals surface area contributed by atoms with Crippen molar-refractivity contribution in [2.45, 2.75) is 13.0 Å². The number of amides is 1. The molecule has 0 aliphatic carbocycles. The number of carboxylic acid groups (broad SMARTS) is 1. The first kappa shape index (κ1) is 13.8. The number of hydrogen-bond acceptors (Lipinski definition) is 3. The second-order valence-electron chi connectivity index (χ2n) is 3.45. The van der Waals surface area contributed by atoms with Gasteiger partial charge in [0.1, 0.15) is 6.04 Å². The number of halogens is 1. The van der Waals surface area contributed by atoms with Gasteiger partial charge in [0.15, 0.2) is 0 Å². The molecule has 1 atom stereocenters. The van der Waals surface area contributed by atoms with Gasteiger partial charge in [-0.1, -0.05) is 12.1 Å². The number of para-hydroxylation sites is 1. The molecule has 0 saturated heterocycles. The van der Waals surface area contributed by atoms with Gasteiger partial charge in [0.25, 0.3) is 0 Å². The van der Waals surface area contributed by atoms with Crippen molar-refractivity contribution < 1.29 is 14.7 Å². The average molecular weight is 348 g/mol. The molecule has 0 radical (unpaired) electrons. The van der Waals surface area contributed by atoms with Crippen molar-refractivity contribution in [1.82, 2.24) is 5.32 Å². The monoisotopic (exact) mass is 348 g/mol. The Kier molecular flexibility index (Phi) is 5.20. The van der Waals surface area contributed by atoms with Crippen LogP contribution in [0.3, 0.4) is 0 Å². The molecule has 0 heterocycles. The Balaban J connectivity index is 2.61. The van der Waals surface area contributed by atoms with Gasteiger partial charge in [-0.3, -0.25) is 4.79 Å². The Morgan fingerprint density at radius 2 is 2.06 bits per heavy atom. The fourth-order valence-corrected chi connectivity index (χ4v) is 1.84. The maximum Gasteiger partial charge on any atom is 0.328 e. The molecule has 17 heavy (non-hydrogen) atoms. The van der Waals surface area contributed by atoms with E-state index >= 15 is 0 Å². The quantitative estimate of drug-likeness (QED) is 0.701. The molecular formula is C11H13IN2O3. The predicted molar refractivity (Wildman–Crippen MR) is 72.9 cm³/mol. The number of carboxylic acids is 1. The summed E-state index contributed by atoms with van der Waals surface area (Å²) in [4.78, 5) is 21.7. The smallest absolute Gasteiger partial charge is 0.328 e. The summed E-state index contributed by atoms with van der Waals surface area (Å²) in [6, 6.07) is 6.60. The number of rotatable bonds is 5. The van der Waals surface area contributed by atoms with Crippen LogP contribution in [-0.4, -0.2) is 29.6 Å². The minimum atomic E-state index is -1.06. The van der Waals surface area contributed by atoms with Gasteiger partial charge in [-0.25, -0.2) is 4.79 Å². The average Bonchev–Trinajstić information content (AvgIpc) is 2.25. The Morgan fingerprint density at radius 1 is 1.41 bits per heavy atom. The van der Waals surface area contributed by atoms with Crippen molar-refractivity contribution in [3.05, 3.63) is 27.8 Å². The first-order valence-corrected chi connectivity index (χ1v) is 6.07. The number of nitrogens with one attached hydrogen (secondary N) is 2. The molecular weight excluding hydrogens is 335 g/mol. The summed E-state index contributed by atoms with van der Waals surface area (Å²) in [5.41, 5.74) is 0.852. The van der Waals surface area contributed by atoms with Gasteiger partial charge in [0, 0.05) is 22.7 Å². The summed E-state index contributed by atoms with van der Waals surface area (Å²) in [5, 5.41) is 14.3. The van der Waals surface area contributed by atoms with Crippen LogP contribution in [0.25, 0.3) is 0 Å². The molecule has 0 aliphatic rings. The lowest BCUT2D eigenvalue weighted by Gasteiger charge is -2.15. The summed E-state index contributed by atoms with van der Waals surface area (Å²) in [6.45, 7) is 1.44. The number of carbonyl (C=O) groups is 2. The topological polar surface area (TPSA) is 78.4 Å². The molecule has 1 aromatic carbocycles. The molecule has 0 aromatic heterocycles. The van der Waals surface area contributed by atoms with E-state index in [-0.39, 0.29) is 12.5 Å². The van der Waals surface area contributed by atoms with Crippen LogP contribution in [0.2, 0.25) is 0 Å². The fourth-order valence-electron chi connectivity index (χ4n) is 1.26. The van der Waals surface area contributed by atoms with Gasteiger partial charge in [0.05, 0.1) is 0 Å². The van der Waals surface area contributed by atoms with Gasteiger partial charge in [-0.05, 0) is 34.7 Å². The molecule has 1 rings (SSSR count). The molecule has 1 amide bonds. The van der Waals surface area contributed by atoms with E-state index < -0.39 is 12.0 Å². The van der Waals surface area contributed by atoms with E-state index in [0.29, 0.717) is 0 Å². The van der Waals surface area contributed by atoms with Crippen LogP contribution in [0.1, 0.15) is 6.92 Å². The fraction of sp³-hybridized carbons (Fsp3) is 0.273. The highest BCUT2D eigenvalue weighted by molar-refractivity contribution is 14.1. The van der Waals surface area contributed by atoms with Crippen molar-refractivity contribution >= 4 is 40.2 Å². The molecule has 92 valence electrons. The minimum absolute atomic E-state index is 0.148. The van der Waals surface area contributed by atoms with Gasteiger partial charge in [-0.15, -0.1) is 0 Å². The number of hydrogen-bond donors (Lipinski definition) is 3. The lowest BCUT2D eigenvalue weighted by Crippen LogP contribution is -2.44. The summed E-state index contributed by atoms with van der Waals surface area (Å²) >= 11 is 2.15. The van der Waals surface area contributed by atoms with E-state index in [2.05, 4.69) is 33.2 Å². The van der Waals surface area contributed by atoms with E-state index in [0.717, 1.165) is 9.26 Å². The molecule has 0 fully saturated rings. The van der Waals surface area contributed by atoms with E-state index in [4.69, 9.17) is 5.11 Å². The molecule has 5 nitrogen and oxygen atoms in total. The highest BCUT2D eigenvalue weighted by Gasteiger charge is 2.17. The van der Waals surface area contributed by atoms with E-state index in [9.17, 15) is 9.59 Å². The number of carbonyl (C=O) groups excluding carboxylic acids is 1. The zero-order chi connectivity index (χ0) is 12.8. The number of anilines is 1. The van der Waals surface area contributed by atoms with Crippen molar-refractivity contribution in [2.75, 3.05) is 11.9 Å². The summed E-state index contributed by atoms with van der Waals surface area (Å²) < 4.78 is 0.997. The summed E-state index contributed by atoms with van der Waals surface area (Å²) in [5.74, 6) is -1.42. The zero-order valence-corrected chi connectivity index (χ0v) is 11.4. The maximum atomic E-state index is 10.9. The van der Waals surface area contributed by atoms with Crippen LogP contribution in [0, 0.1) is 3.57 Å². The second-order valence-corrected chi connectivity index (χ2v) is 4.61. The van der Waals surface area contributed by atoms with Crippen molar-refractivity contribution in [2.24, 2.45) is 0 Å². The third-order valence-corrected chi connectivity index (χ3v) is 2.99. The highest BCUT2D eigenvalue weighted by atomic mass is 127. The first-order chi connectivity index (χ1) is 8.00. The Morgan fingerprint density at radius 3 is 2.59 bits per heavy atom. The van der Waals surface area contributed by atoms with Crippen LogP contribution in [0.5, 0.6) is 0 Å². The highest BCUT2D eigenvalue weighted by Crippen LogP contribution is 2.16. The zero-order valence-electron chi connectivity index (χ0n) is 9.24. The van der Waals surface area contributed by atoms with Gasteiger partial charge in [0.2, 0.25) is 5.91 Å². The van der Waals surface area contributed by atoms with Gasteiger partial charge >= 0.3 is 5.97 Å². The van der Waals surface area contributed by atoms with Crippen LogP contribution in [0.15, 0.2) is 24.3 Å². The molecule has 1 aromatic rings. The maximum absolute atomic E-state index is 10.9. The first-order valence-electron chi connectivity index (χ1n) is 4.99. The standard InChI is InChI=1S/C11H13IN2O3/c1-7(15)14-10(11(16)17)6-13-9-5-3-2-4-8(9)12/h2-5,10,13H,6H2,1H3,(H,14,15)(H,16,17). The van der Waals surface area contributed by atoms with Crippen molar-refractivity contribution in [3.63, 3.8) is 0 Å². The second kappa shape index (κ2) is 6.43. The minimum Gasteiger partial charge on any atom is -0.480 e. The molecule has 0 saturated carbocycles. The summed E-state index contributed by atoms with van der Waals surface area (Å²) in [6.07, 6.45) is 0. The summed E-state index contributed by atoms with van der Waals surface area (Å²) in [7, 11) is 0. The Bertz CT molecular complexity index is 423. The van der Waals surface area contributed by atoms with Crippen LogP contribution >= 0.6 is 22.6 Å². The SMILES string of the molecule is CC(=O)NC(CNc1ccccc1I)C(=O)O. The molecule has 0 spiro atoms. The lowest BCUT2D eigenvalue weighted by atomic mass is 10.2. The van der Waals surface area contributed by atoms with Gasteiger partial charge in [-0.2, -0.15) is 0 Å². The van der Waals surface area contributed by atoms with Crippen molar-refractivity contribution in [1.29, 1.82) is 0 Å². The van der Waals surface area contributed by atoms with Crippen LogP contribution in [0.4, 0.5) is 5.69 Å². The van der Waals surface area contributed by atoms with Crippen molar-refractivity contribution in [3.8, 4) is 0 Å². The number of benzene rings is 1. The molecule has 1 unspecified atom stereocenters. The van der Waals surface area contributed by atoms with Crippen LogP contribution < -0.4 is 10.6 Å². The normalized spacial score (nSPS) is 11.6. The van der Waals surface area contributed by atoms with Crippen LogP contribution in [-0.2, 0) is 9.59 Å². The van der Waals surface area contributed by atoms with E-state index in [1.807, 2.05) is 24.3 Å². The Labute approximate surface area is 113 Å². The molecule has 6 heteroatoms. The van der Waals surface area contributed by atoms with E-state index in [1.165, 1.54) is 6.92 Å². The largest absolute Gasteiger partial charge is 0.480 e. The van der Waals surface area contributed by atoms with Gasteiger partial charge < -0.3 is 15.7 Å². The predicted octanol–water partition coefficient (Wildman–Crippen LogP) is 1.29. The molecule has 0 bridgehead atoms.